The number of hydrogen-bond donors (Lipinski definition) is 2. The lowest BCUT2D eigenvalue weighted by atomic mass is 10.3. The summed E-state index contributed by atoms with van der Waals surface area (Å²) in [5.74, 6) is 1.88. The summed E-state index contributed by atoms with van der Waals surface area (Å²) in [4.78, 5) is 12.9. The van der Waals surface area contributed by atoms with E-state index in [0.717, 1.165) is 29.3 Å². The Kier molecular flexibility index (Phi) is 4.57. The molecule has 2 aliphatic carbocycles. The number of nitrogens with one attached hydrogen (secondary N) is 2. The highest BCUT2D eigenvalue weighted by molar-refractivity contribution is 7.99. The first kappa shape index (κ1) is 15.3. The topological polar surface area (TPSA) is 41.1 Å². The maximum absolute atomic E-state index is 11.9. The number of anilines is 1. The number of alkyl halides is 2. The maximum Gasteiger partial charge on any atom is 0.319 e. The summed E-state index contributed by atoms with van der Waals surface area (Å²) in [6.07, 6.45) is 3.31. The predicted octanol–water partition coefficient (Wildman–Crippen LogP) is 4.50. The van der Waals surface area contributed by atoms with E-state index in [9.17, 15) is 4.79 Å². The largest absolute Gasteiger partial charge is 0.338 e. The molecule has 21 heavy (non-hydrogen) atoms. The van der Waals surface area contributed by atoms with E-state index in [1.807, 2.05) is 24.3 Å². The number of urea groups is 1. The quantitative estimate of drug-likeness (QED) is 0.589. The lowest BCUT2D eigenvalue weighted by molar-refractivity contribution is 0.251. The Morgan fingerprint density at radius 2 is 2.05 bits per heavy atom. The van der Waals surface area contributed by atoms with Crippen molar-refractivity contribution in [3.63, 3.8) is 0 Å². The Morgan fingerprint density at radius 1 is 1.33 bits per heavy atom. The van der Waals surface area contributed by atoms with E-state index in [1.54, 1.807) is 11.8 Å². The van der Waals surface area contributed by atoms with Crippen LogP contribution < -0.4 is 10.6 Å². The Bertz CT molecular complexity index is 534. The summed E-state index contributed by atoms with van der Waals surface area (Å²) in [6, 6.07) is 7.68. The zero-order valence-corrected chi connectivity index (χ0v) is 13.9. The van der Waals surface area contributed by atoms with Gasteiger partial charge in [0.2, 0.25) is 0 Å². The molecule has 1 aromatic carbocycles. The molecule has 1 atom stereocenters. The molecule has 6 heteroatoms. The Hall–Kier alpha value is -0.580. The average Bonchev–Trinajstić information content (AvgIpc) is 3.34. The summed E-state index contributed by atoms with van der Waals surface area (Å²) >= 11 is 13.8. The van der Waals surface area contributed by atoms with Crippen molar-refractivity contribution in [2.45, 2.75) is 28.5 Å². The van der Waals surface area contributed by atoms with Crippen LogP contribution in [0.25, 0.3) is 0 Å². The molecule has 2 N–H and O–H groups in total. The number of amides is 2. The zero-order chi connectivity index (χ0) is 14.9. The average molecular weight is 345 g/mol. The molecule has 1 aromatic rings. The molecule has 3 rings (SSSR count). The monoisotopic (exact) mass is 344 g/mol. The summed E-state index contributed by atoms with van der Waals surface area (Å²) in [6.45, 7) is 0.768. The Morgan fingerprint density at radius 3 is 2.71 bits per heavy atom. The van der Waals surface area contributed by atoms with Gasteiger partial charge < -0.3 is 10.6 Å². The number of halogens is 2. The molecule has 2 aliphatic rings. The van der Waals surface area contributed by atoms with Gasteiger partial charge in [-0.05, 0) is 37.3 Å². The molecule has 3 nitrogen and oxygen atoms in total. The smallest absolute Gasteiger partial charge is 0.319 e. The van der Waals surface area contributed by atoms with Gasteiger partial charge in [0, 0.05) is 23.1 Å². The van der Waals surface area contributed by atoms with Crippen LogP contribution in [0.1, 0.15) is 19.3 Å². The summed E-state index contributed by atoms with van der Waals surface area (Å²) in [5, 5.41) is 5.83. The number of rotatable bonds is 6. The van der Waals surface area contributed by atoms with Crippen molar-refractivity contribution in [3.8, 4) is 0 Å². The molecule has 0 radical (unpaired) electrons. The first-order valence-corrected chi connectivity index (χ1v) is 8.93. The third-order valence-corrected chi connectivity index (χ3v) is 5.94. The molecule has 0 saturated heterocycles. The molecule has 0 bridgehead atoms. The fourth-order valence-corrected chi connectivity index (χ4v) is 4.00. The molecule has 0 spiro atoms. The number of hydrogen-bond acceptors (Lipinski definition) is 2. The van der Waals surface area contributed by atoms with E-state index in [2.05, 4.69) is 10.6 Å². The molecule has 0 aromatic heterocycles. The van der Waals surface area contributed by atoms with Gasteiger partial charge in [0.05, 0.1) is 5.69 Å². The lowest BCUT2D eigenvalue weighted by Gasteiger charge is -2.11. The highest BCUT2D eigenvalue weighted by Gasteiger charge is 2.51. The van der Waals surface area contributed by atoms with Crippen molar-refractivity contribution in [2.24, 2.45) is 11.8 Å². The van der Waals surface area contributed by atoms with Crippen molar-refractivity contribution in [3.05, 3.63) is 24.3 Å². The SMILES string of the molecule is O=C(NCC1CC1)Nc1ccccc1SCC1CC1(Cl)Cl. The number of para-hydroxylation sites is 1. The van der Waals surface area contributed by atoms with E-state index in [1.165, 1.54) is 12.8 Å². The molecule has 2 saturated carbocycles. The van der Waals surface area contributed by atoms with Crippen molar-refractivity contribution >= 4 is 46.7 Å². The molecule has 1 unspecified atom stereocenters. The van der Waals surface area contributed by atoms with E-state index < -0.39 is 4.33 Å². The van der Waals surface area contributed by atoms with E-state index in [4.69, 9.17) is 23.2 Å². The first-order chi connectivity index (χ1) is 10.0. The van der Waals surface area contributed by atoms with E-state index in [0.29, 0.717) is 11.8 Å². The van der Waals surface area contributed by atoms with Gasteiger partial charge in [-0.3, -0.25) is 0 Å². The fourth-order valence-electron chi connectivity index (χ4n) is 2.06. The van der Waals surface area contributed by atoms with Gasteiger partial charge in [-0.2, -0.15) is 0 Å². The highest BCUT2D eigenvalue weighted by Crippen LogP contribution is 2.55. The molecule has 2 fully saturated rings. The fraction of sp³-hybridized carbons (Fsp3) is 0.533. The lowest BCUT2D eigenvalue weighted by Crippen LogP contribution is -2.30. The van der Waals surface area contributed by atoms with Crippen LogP contribution >= 0.6 is 35.0 Å². The zero-order valence-electron chi connectivity index (χ0n) is 11.6. The minimum Gasteiger partial charge on any atom is -0.338 e. The number of carbonyl (C=O) groups excluding carboxylic acids is 1. The maximum atomic E-state index is 11.9. The minimum absolute atomic E-state index is 0.134. The molecule has 0 heterocycles. The summed E-state index contributed by atoms with van der Waals surface area (Å²) in [5.41, 5.74) is 0.839. The molecular weight excluding hydrogens is 327 g/mol. The van der Waals surface area contributed by atoms with E-state index >= 15 is 0 Å². The second-order valence-electron chi connectivity index (χ2n) is 5.75. The highest BCUT2D eigenvalue weighted by atomic mass is 35.5. The van der Waals surface area contributed by atoms with Crippen LogP contribution in [0.15, 0.2) is 29.2 Å². The van der Waals surface area contributed by atoms with Gasteiger partial charge in [0.25, 0.3) is 0 Å². The van der Waals surface area contributed by atoms with Gasteiger partial charge in [-0.25, -0.2) is 4.79 Å². The second-order valence-corrected chi connectivity index (χ2v) is 8.35. The molecule has 2 amide bonds. The van der Waals surface area contributed by atoms with Crippen LogP contribution in [-0.4, -0.2) is 22.7 Å². The minimum atomic E-state index is -0.545. The molecule has 114 valence electrons. The first-order valence-electron chi connectivity index (χ1n) is 7.19. The Labute approximate surface area is 139 Å². The second kappa shape index (κ2) is 6.27. The van der Waals surface area contributed by atoms with Crippen LogP contribution in [0.4, 0.5) is 10.5 Å². The van der Waals surface area contributed by atoms with E-state index in [-0.39, 0.29) is 6.03 Å². The number of thioether (sulfide) groups is 1. The van der Waals surface area contributed by atoms with Crippen LogP contribution in [0.5, 0.6) is 0 Å². The van der Waals surface area contributed by atoms with Gasteiger partial charge >= 0.3 is 6.03 Å². The molecule has 0 aliphatic heterocycles. The number of benzene rings is 1. The van der Waals surface area contributed by atoms with Crippen molar-refractivity contribution in [2.75, 3.05) is 17.6 Å². The predicted molar refractivity (Wildman–Crippen MR) is 89.5 cm³/mol. The third-order valence-electron chi connectivity index (χ3n) is 3.78. The van der Waals surface area contributed by atoms with Gasteiger partial charge in [0.1, 0.15) is 4.33 Å². The van der Waals surface area contributed by atoms with Crippen molar-refractivity contribution in [1.82, 2.24) is 5.32 Å². The van der Waals surface area contributed by atoms with Crippen molar-refractivity contribution < 1.29 is 4.79 Å². The normalized spacial score (nSPS) is 22.7. The van der Waals surface area contributed by atoms with Gasteiger partial charge in [-0.1, -0.05) is 12.1 Å². The van der Waals surface area contributed by atoms with Crippen LogP contribution in [0, 0.1) is 11.8 Å². The molecular formula is C15H18Cl2N2OS. The van der Waals surface area contributed by atoms with Gasteiger partial charge in [0.15, 0.2) is 0 Å². The standard InChI is InChI=1S/C15H18Cl2N2OS/c16-15(17)7-11(15)9-21-13-4-2-1-3-12(13)19-14(20)18-8-10-5-6-10/h1-4,10-11H,5-9H2,(H2,18,19,20). The van der Waals surface area contributed by atoms with Crippen molar-refractivity contribution in [1.29, 1.82) is 0 Å². The summed E-state index contributed by atoms with van der Waals surface area (Å²) in [7, 11) is 0. The number of carbonyl (C=O) groups is 1. The van der Waals surface area contributed by atoms with Gasteiger partial charge in [-0.15, -0.1) is 35.0 Å². The Balaban J connectivity index is 1.52. The summed E-state index contributed by atoms with van der Waals surface area (Å²) < 4.78 is -0.545. The van der Waals surface area contributed by atoms with Crippen LogP contribution in [0.2, 0.25) is 0 Å². The van der Waals surface area contributed by atoms with Crippen LogP contribution in [0.3, 0.4) is 0 Å². The van der Waals surface area contributed by atoms with Crippen LogP contribution in [-0.2, 0) is 0 Å². The third kappa shape index (κ3) is 4.44.